The third-order valence-electron chi connectivity index (χ3n) is 2.09. The zero-order valence-corrected chi connectivity index (χ0v) is 11.5. The van der Waals surface area contributed by atoms with Crippen molar-refractivity contribution in [3.05, 3.63) is 30.1 Å². The number of carbonyl (C=O) groups excluding carboxylic acids is 1. The maximum Gasteiger partial charge on any atom is 0.323 e. The summed E-state index contributed by atoms with van der Waals surface area (Å²) in [6.07, 6.45) is 3.33. The first-order valence-electron chi connectivity index (χ1n) is 4.92. The normalized spacial score (nSPS) is 11.1. The third kappa shape index (κ3) is 6.46. The van der Waals surface area contributed by atoms with Crippen molar-refractivity contribution >= 4 is 30.8 Å². The average Bonchev–Trinajstić information content (AvgIpc) is 2.26. The van der Waals surface area contributed by atoms with Crippen LogP contribution in [0, 0.1) is 5.92 Å². The highest BCUT2D eigenvalue weighted by Crippen LogP contribution is 2.04. The van der Waals surface area contributed by atoms with Gasteiger partial charge in [0.25, 0.3) is 0 Å². The van der Waals surface area contributed by atoms with E-state index in [0.717, 1.165) is 5.56 Å². The Morgan fingerprint density at radius 3 is 2.59 bits per heavy atom. The standard InChI is InChI=1S/C11H16N2O2.2ClH/c1-8(2)10(12)11(14)15-7-9-4-3-5-13-6-9;;/h3-6,8,10H,7,12H2,1-2H3;2*1H. The van der Waals surface area contributed by atoms with Crippen molar-refractivity contribution in [1.29, 1.82) is 0 Å². The van der Waals surface area contributed by atoms with Gasteiger partial charge in [0.1, 0.15) is 12.6 Å². The molecular weight excluding hydrogens is 263 g/mol. The molecule has 0 saturated heterocycles. The molecule has 2 N–H and O–H groups in total. The summed E-state index contributed by atoms with van der Waals surface area (Å²) in [7, 11) is 0. The summed E-state index contributed by atoms with van der Waals surface area (Å²) in [5.41, 5.74) is 6.50. The minimum Gasteiger partial charge on any atom is -0.460 e. The molecule has 1 atom stereocenters. The summed E-state index contributed by atoms with van der Waals surface area (Å²) >= 11 is 0. The van der Waals surface area contributed by atoms with Crippen molar-refractivity contribution in [2.75, 3.05) is 0 Å². The molecule has 4 nitrogen and oxygen atoms in total. The monoisotopic (exact) mass is 280 g/mol. The van der Waals surface area contributed by atoms with Gasteiger partial charge in [-0.25, -0.2) is 0 Å². The molecule has 0 aliphatic heterocycles. The molecule has 1 heterocycles. The van der Waals surface area contributed by atoms with Crippen LogP contribution in [0.4, 0.5) is 0 Å². The highest BCUT2D eigenvalue weighted by Gasteiger charge is 2.18. The molecule has 1 rings (SSSR count). The van der Waals surface area contributed by atoms with E-state index in [1.807, 2.05) is 19.9 Å². The zero-order chi connectivity index (χ0) is 11.3. The molecule has 0 amide bonds. The molecule has 1 unspecified atom stereocenters. The lowest BCUT2D eigenvalue weighted by molar-refractivity contribution is -0.147. The first-order chi connectivity index (χ1) is 7.11. The number of hydrogen-bond donors (Lipinski definition) is 1. The van der Waals surface area contributed by atoms with Gasteiger partial charge in [-0.1, -0.05) is 19.9 Å². The Balaban J connectivity index is 0. The van der Waals surface area contributed by atoms with E-state index in [9.17, 15) is 4.79 Å². The number of hydrogen-bond acceptors (Lipinski definition) is 4. The van der Waals surface area contributed by atoms with Crippen LogP contribution in [0.1, 0.15) is 19.4 Å². The van der Waals surface area contributed by atoms with E-state index >= 15 is 0 Å². The average molecular weight is 281 g/mol. The van der Waals surface area contributed by atoms with Crippen LogP contribution in [0.5, 0.6) is 0 Å². The highest BCUT2D eigenvalue weighted by atomic mass is 35.5. The maximum absolute atomic E-state index is 11.4. The van der Waals surface area contributed by atoms with Crippen LogP contribution in [0.15, 0.2) is 24.5 Å². The van der Waals surface area contributed by atoms with Crippen molar-refractivity contribution in [2.45, 2.75) is 26.5 Å². The summed E-state index contributed by atoms with van der Waals surface area (Å²) in [4.78, 5) is 15.3. The van der Waals surface area contributed by atoms with Crippen LogP contribution in [0.25, 0.3) is 0 Å². The lowest BCUT2D eigenvalue weighted by atomic mass is 10.1. The Bertz CT molecular complexity index is 321. The molecule has 0 bridgehead atoms. The minimum absolute atomic E-state index is 0. The SMILES string of the molecule is CC(C)C(N)C(=O)OCc1cccnc1.Cl.Cl. The Labute approximate surface area is 114 Å². The summed E-state index contributed by atoms with van der Waals surface area (Å²) in [5.74, 6) is -0.278. The zero-order valence-electron chi connectivity index (χ0n) is 9.83. The number of nitrogens with two attached hydrogens (primary N) is 1. The van der Waals surface area contributed by atoms with Crippen molar-refractivity contribution < 1.29 is 9.53 Å². The maximum atomic E-state index is 11.4. The molecule has 0 saturated carbocycles. The summed E-state index contributed by atoms with van der Waals surface area (Å²) in [6, 6.07) is 3.09. The van der Waals surface area contributed by atoms with Crippen molar-refractivity contribution in [1.82, 2.24) is 4.98 Å². The Morgan fingerprint density at radius 1 is 1.47 bits per heavy atom. The topological polar surface area (TPSA) is 65.2 Å². The highest BCUT2D eigenvalue weighted by molar-refractivity contribution is 5.85. The Hall–Kier alpha value is -0.840. The van der Waals surface area contributed by atoms with E-state index in [1.165, 1.54) is 0 Å². The van der Waals surface area contributed by atoms with E-state index in [-0.39, 0.29) is 43.3 Å². The number of carbonyl (C=O) groups is 1. The third-order valence-corrected chi connectivity index (χ3v) is 2.09. The van der Waals surface area contributed by atoms with Gasteiger partial charge in [0.15, 0.2) is 0 Å². The van der Waals surface area contributed by atoms with E-state index in [2.05, 4.69) is 4.98 Å². The predicted molar refractivity (Wildman–Crippen MR) is 71.3 cm³/mol. The smallest absolute Gasteiger partial charge is 0.323 e. The number of esters is 1. The molecule has 0 spiro atoms. The fraction of sp³-hybridized carbons (Fsp3) is 0.455. The van der Waals surface area contributed by atoms with E-state index in [1.54, 1.807) is 18.5 Å². The molecule has 1 aromatic heterocycles. The van der Waals surface area contributed by atoms with Crippen LogP contribution < -0.4 is 5.73 Å². The van der Waals surface area contributed by atoms with Crippen molar-refractivity contribution in [2.24, 2.45) is 11.7 Å². The molecule has 0 aliphatic rings. The Kier molecular flexibility index (Phi) is 10.0. The van der Waals surface area contributed by atoms with Crippen LogP contribution in [0.2, 0.25) is 0 Å². The van der Waals surface area contributed by atoms with Gasteiger partial charge < -0.3 is 10.5 Å². The van der Waals surface area contributed by atoms with Gasteiger partial charge >= 0.3 is 5.97 Å². The van der Waals surface area contributed by atoms with Gasteiger partial charge in [-0.05, 0) is 12.0 Å². The van der Waals surface area contributed by atoms with E-state index in [0.29, 0.717) is 0 Å². The molecule has 0 aliphatic carbocycles. The van der Waals surface area contributed by atoms with Gasteiger partial charge in [-0.3, -0.25) is 9.78 Å². The van der Waals surface area contributed by atoms with Gasteiger partial charge in [0.05, 0.1) is 0 Å². The molecule has 6 heteroatoms. The van der Waals surface area contributed by atoms with Crippen molar-refractivity contribution in [3.63, 3.8) is 0 Å². The second-order valence-electron chi connectivity index (χ2n) is 3.74. The number of pyridine rings is 1. The first kappa shape index (κ1) is 18.5. The first-order valence-corrected chi connectivity index (χ1v) is 4.92. The largest absolute Gasteiger partial charge is 0.460 e. The number of nitrogens with zero attached hydrogens (tertiary/aromatic N) is 1. The van der Waals surface area contributed by atoms with Crippen molar-refractivity contribution in [3.8, 4) is 0 Å². The lowest BCUT2D eigenvalue weighted by Crippen LogP contribution is -2.36. The molecule has 0 aromatic carbocycles. The predicted octanol–water partition coefficient (Wildman–Crippen LogP) is 1.95. The molecule has 0 radical (unpaired) electrons. The quantitative estimate of drug-likeness (QED) is 0.857. The summed E-state index contributed by atoms with van der Waals surface area (Å²) < 4.78 is 5.05. The number of rotatable bonds is 4. The van der Waals surface area contributed by atoms with Gasteiger partial charge in [0.2, 0.25) is 0 Å². The minimum atomic E-state index is -0.554. The lowest BCUT2D eigenvalue weighted by Gasteiger charge is -2.14. The van der Waals surface area contributed by atoms with Crippen LogP contribution in [0.3, 0.4) is 0 Å². The Morgan fingerprint density at radius 2 is 2.12 bits per heavy atom. The summed E-state index contributed by atoms with van der Waals surface area (Å²) in [5, 5.41) is 0. The second kappa shape index (κ2) is 9.22. The van der Waals surface area contributed by atoms with Crippen LogP contribution >= 0.6 is 24.8 Å². The van der Waals surface area contributed by atoms with Crippen LogP contribution in [-0.2, 0) is 16.1 Å². The van der Waals surface area contributed by atoms with E-state index in [4.69, 9.17) is 10.5 Å². The van der Waals surface area contributed by atoms with E-state index < -0.39 is 6.04 Å². The summed E-state index contributed by atoms with van der Waals surface area (Å²) in [6.45, 7) is 4.00. The molecule has 98 valence electrons. The molecule has 17 heavy (non-hydrogen) atoms. The number of aromatic nitrogens is 1. The second-order valence-corrected chi connectivity index (χ2v) is 3.74. The number of ether oxygens (including phenoxy) is 1. The molecular formula is C11H18Cl2N2O2. The van der Waals surface area contributed by atoms with Crippen LogP contribution in [-0.4, -0.2) is 17.0 Å². The fourth-order valence-corrected chi connectivity index (χ4v) is 1.01. The van der Waals surface area contributed by atoms with Gasteiger partial charge in [-0.15, -0.1) is 24.8 Å². The molecule has 1 aromatic rings. The molecule has 0 fully saturated rings. The fourth-order valence-electron chi connectivity index (χ4n) is 1.01. The number of halogens is 2. The van der Waals surface area contributed by atoms with Gasteiger partial charge in [-0.2, -0.15) is 0 Å². The van der Waals surface area contributed by atoms with Gasteiger partial charge in [0, 0.05) is 18.0 Å².